The fourth-order valence-electron chi connectivity index (χ4n) is 3.97. The third kappa shape index (κ3) is 3.37. The molecule has 0 amide bonds. The maximum Gasteiger partial charge on any atom is 0.211 e. The number of hydrogen-bond acceptors (Lipinski definition) is 3. The molecule has 0 bridgehead atoms. The summed E-state index contributed by atoms with van der Waals surface area (Å²) in [6.45, 7) is -0.204. The van der Waals surface area contributed by atoms with Crippen LogP contribution < -0.4 is 0 Å². The summed E-state index contributed by atoms with van der Waals surface area (Å²) in [6.07, 6.45) is 3.84. The highest BCUT2D eigenvalue weighted by atomic mass is 16.6. The number of ketones is 1. The minimum Gasteiger partial charge on any atom is -0.289 e. The van der Waals surface area contributed by atoms with E-state index in [1.807, 2.05) is 91.0 Å². The van der Waals surface area contributed by atoms with Crippen molar-refractivity contribution in [1.82, 2.24) is 0 Å². The Morgan fingerprint density at radius 3 is 1.96 bits per heavy atom. The van der Waals surface area contributed by atoms with Gasteiger partial charge in [0.15, 0.2) is 5.78 Å². The van der Waals surface area contributed by atoms with Gasteiger partial charge in [0, 0.05) is 22.0 Å². The van der Waals surface area contributed by atoms with Gasteiger partial charge in [-0.2, -0.15) is 0 Å². The molecule has 4 rings (SSSR count). The number of nitro groups is 1. The van der Waals surface area contributed by atoms with Gasteiger partial charge in [0.2, 0.25) is 6.54 Å². The van der Waals surface area contributed by atoms with Crippen molar-refractivity contribution in [2.75, 3.05) is 6.54 Å². The minimum absolute atomic E-state index is 0.0191. The van der Waals surface area contributed by atoms with E-state index in [0.29, 0.717) is 11.1 Å². The van der Waals surface area contributed by atoms with Crippen LogP contribution in [-0.2, 0) is 0 Å². The summed E-state index contributed by atoms with van der Waals surface area (Å²) in [5.74, 6) is -0.629. The summed E-state index contributed by atoms with van der Waals surface area (Å²) >= 11 is 0. The van der Waals surface area contributed by atoms with E-state index in [-0.39, 0.29) is 29.1 Å². The van der Waals surface area contributed by atoms with Gasteiger partial charge < -0.3 is 0 Å². The number of hydrogen-bond donors (Lipinski definition) is 0. The predicted molar refractivity (Wildman–Crippen MR) is 109 cm³/mol. The van der Waals surface area contributed by atoms with Crippen molar-refractivity contribution in [1.29, 1.82) is 0 Å². The molecule has 0 aliphatic heterocycles. The fourth-order valence-corrected chi connectivity index (χ4v) is 3.97. The highest BCUT2D eigenvalue weighted by Gasteiger charge is 2.36. The Bertz CT molecular complexity index is 1010. The zero-order chi connectivity index (χ0) is 19.5. The molecule has 3 aromatic carbocycles. The average molecular weight is 369 g/mol. The molecule has 0 fully saturated rings. The Balaban J connectivity index is 1.84. The van der Waals surface area contributed by atoms with Crippen molar-refractivity contribution in [3.05, 3.63) is 123 Å². The van der Waals surface area contributed by atoms with Crippen molar-refractivity contribution in [2.45, 2.75) is 5.92 Å². The van der Waals surface area contributed by atoms with Crippen LogP contribution >= 0.6 is 0 Å². The first-order valence-electron chi connectivity index (χ1n) is 9.23. The van der Waals surface area contributed by atoms with E-state index in [2.05, 4.69) is 0 Å². The van der Waals surface area contributed by atoms with Crippen molar-refractivity contribution in [3.63, 3.8) is 0 Å². The lowest BCUT2D eigenvalue weighted by atomic mass is 9.71. The van der Waals surface area contributed by atoms with Crippen LogP contribution in [0.3, 0.4) is 0 Å². The summed E-state index contributed by atoms with van der Waals surface area (Å²) < 4.78 is 0. The van der Waals surface area contributed by atoms with Gasteiger partial charge in [0.25, 0.3) is 0 Å². The Labute approximate surface area is 163 Å². The Morgan fingerprint density at radius 1 is 0.857 bits per heavy atom. The lowest BCUT2D eigenvalue weighted by Gasteiger charge is -2.30. The molecule has 3 aromatic rings. The van der Waals surface area contributed by atoms with E-state index in [1.165, 1.54) is 0 Å². The summed E-state index contributed by atoms with van der Waals surface area (Å²) in [5.41, 5.74) is 3.97. The molecule has 0 spiro atoms. The molecule has 0 heterocycles. The molecule has 0 saturated heterocycles. The zero-order valence-electron chi connectivity index (χ0n) is 15.2. The van der Waals surface area contributed by atoms with Gasteiger partial charge in [-0.25, -0.2) is 0 Å². The predicted octanol–water partition coefficient (Wildman–Crippen LogP) is 4.97. The van der Waals surface area contributed by atoms with Crippen LogP contribution in [0.4, 0.5) is 0 Å². The summed E-state index contributed by atoms with van der Waals surface area (Å²) in [6, 6.07) is 24.6. The monoisotopic (exact) mass is 369 g/mol. The van der Waals surface area contributed by atoms with Gasteiger partial charge in [0.05, 0.1) is 5.92 Å². The van der Waals surface area contributed by atoms with Crippen LogP contribution in [0.5, 0.6) is 0 Å². The minimum atomic E-state index is -0.370. The van der Waals surface area contributed by atoms with E-state index in [4.69, 9.17) is 0 Å². The molecular formula is C24H19NO3. The summed E-state index contributed by atoms with van der Waals surface area (Å²) in [7, 11) is 0. The molecule has 4 nitrogen and oxygen atoms in total. The molecule has 1 aliphatic rings. The number of benzene rings is 3. The molecule has 0 saturated carbocycles. The number of carbonyl (C=O) groups is 1. The van der Waals surface area contributed by atoms with Crippen LogP contribution in [0, 0.1) is 16.0 Å². The van der Waals surface area contributed by atoms with Crippen molar-refractivity contribution in [3.8, 4) is 0 Å². The molecule has 28 heavy (non-hydrogen) atoms. The molecule has 138 valence electrons. The van der Waals surface area contributed by atoms with E-state index in [9.17, 15) is 14.9 Å². The van der Waals surface area contributed by atoms with Crippen molar-refractivity contribution >= 4 is 11.9 Å². The van der Waals surface area contributed by atoms with E-state index < -0.39 is 0 Å². The van der Waals surface area contributed by atoms with E-state index >= 15 is 0 Å². The second-order valence-corrected chi connectivity index (χ2v) is 6.93. The summed E-state index contributed by atoms with van der Waals surface area (Å²) in [4.78, 5) is 24.1. The Kier molecular flexibility index (Phi) is 4.85. The van der Waals surface area contributed by atoms with Crippen LogP contribution in [0.15, 0.2) is 84.9 Å². The number of fused-ring (bicyclic) bond motifs is 2. The van der Waals surface area contributed by atoms with Gasteiger partial charge in [-0.05, 0) is 16.7 Å². The molecule has 1 unspecified atom stereocenters. The van der Waals surface area contributed by atoms with Gasteiger partial charge in [-0.1, -0.05) is 91.0 Å². The van der Waals surface area contributed by atoms with Gasteiger partial charge in [0.1, 0.15) is 0 Å². The first-order valence-corrected chi connectivity index (χ1v) is 9.23. The van der Waals surface area contributed by atoms with E-state index in [0.717, 1.165) is 16.7 Å². The van der Waals surface area contributed by atoms with Crippen LogP contribution in [0.25, 0.3) is 6.08 Å². The first kappa shape index (κ1) is 17.9. The lowest BCUT2D eigenvalue weighted by molar-refractivity contribution is -0.486. The van der Waals surface area contributed by atoms with Gasteiger partial charge >= 0.3 is 0 Å². The maximum atomic E-state index is 12.9. The Morgan fingerprint density at radius 2 is 1.39 bits per heavy atom. The number of nitrogens with zero attached hydrogens (tertiary/aromatic N) is 1. The number of rotatable bonds is 5. The van der Waals surface area contributed by atoms with Gasteiger partial charge in [-0.3, -0.25) is 14.9 Å². The molecule has 4 heteroatoms. The number of carbonyl (C=O) groups excluding carboxylic acids is 1. The standard InChI is InChI=1S/C24H19NO3/c26-24-21-12-6-4-10-19(21)23(20-11-5-7-13-22(20)24)18(16-25(27)28)15-14-17-8-2-1-3-9-17/h1-15,18,23H,16H2/b15-14+. The second-order valence-electron chi connectivity index (χ2n) is 6.93. The molecule has 1 aliphatic carbocycles. The van der Waals surface area contributed by atoms with Crippen molar-refractivity contribution < 1.29 is 9.72 Å². The molecular weight excluding hydrogens is 350 g/mol. The first-order chi connectivity index (χ1) is 13.6. The zero-order valence-corrected chi connectivity index (χ0v) is 15.2. The normalized spacial score (nSPS) is 14.5. The highest BCUT2D eigenvalue weighted by Crippen LogP contribution is 2.41. The third-order valence-corrected chi connectivity index (χ3v) is 5.20. The van der Waals surface area contributed by atoms with E-state index in [1.54, 1.807) is 0 Å². The largest absolute Gasteiger partial charge is 0.289 e. The van der Waals surface area contributed by atoms with Crippen molar-refractivity contribution in [2.24, 2.45) is 5.92 Å². The Hall–Kier alpha value is -3.53. The smallest absolute Gasteiger partial charge is 0.211 e. The molecule has 0 aromatic heterocycles. The average Bonchev–Trinajstić information content (AvgIpc) is 2.72. The SMILES string of the molecule is O=C1c2ccccc2C(C(/C=C/c2ccccc2)C[N+](=O)[O-])c2ccccc21. The quantitative estimate of drug-likeness (QED) is 0.471. The molecule has 0 radical (unpaired) electrons. The second kappa shape index (κ2) is 7.61. The molecule has 1 atom stereocenters. The van der Waals surface area contributed by atoms with Crippen LogP contribution in [-0.4, -0.2) is 17.3 Å². The maximum absolute atomic E-state index is 12.9. The van der Waals surface area contributed by atoms with Crippen LogP contribution in [0.1, 0.15) is 38.5 Å². The topological polar surface area (TPSA) is 60.2 Å². The summed E-state index contributed by atoms with van der Waals surface area (Å²) in [5, 5.41) is 11.5. The fraction of sp³-hybridized carbons (Fsp3) is 0.125. The van der Waals surface area contributed by atoms with Crippen LogP contribution in [0.2, 0.25) is 0 Å². The van der Waals surface area contributed by atoms with Gasteiger partial charge in [-0.15, -0.1) is 0 Å². The third-order valence-electron chi connectivity index (χ3n) is 5.20. The lowest BCUT2D eigenvalue weighted by Crippen LogP contribution is -2.27. The molecule has 0 N–H and O–H groups in total. The highest BCUT2D eigenvalue weighted by molar-refractivity contribution is 6.12.